The van der Waals surface area contributed by atoms with Crippen LogP contribution in [0.4, 0.5) is 0 Å². The zero-order valence-electron chi connectivity index (χ0n) is 12.0. The Morgan fingerprint density at radius 2 is 1.89 bits per heavy atom. The summed E-state index contributed by atoms with van der Waals surface area (Å²) < 4.78 is 23.1. The van der Waals surface area contributed by atoms with Crippen LogP contribution >= 0.6 is 0 Å². The van der Waals surface area contributed by atoms with Gasteiger partial charge in [-0.05, 0) is 38.6 Å². The minimum atomic E-state index is -2.80. The highest BCUT2D eigenvalue weighted by atomic mass is 32.2. The van der Waals surface area contributed by atoms with Gasteiger partial charge in [0.15, 0.2) is 0 Å². The van der Waals surface area contributed by atoms with Crippen LogP contribution in [0.5, 0.6) is 0 Å². The van der Waals surface area contributed by atoms with Crippen molar-refractivity contribution in [2.24, 2.45) is 0 Å². The van der Waals surface area contributed by atoms with Crippen LogP contribution in [0, 0.1) is 0 Å². The lowest BCUT2D eigenvalue weighted by atomic mass is 9.84. The molecule has 1 N–H and O–H groups in total. The topological polar surface area (TPSA) is 46.2 Å². The zero-order chi connectivity index (χ0) is 13.5. The third-order valence-electron chi connectivity index (χ3n) is 4.11. The molecule has 1 heterocycles. The molecular weight excluding hydrogens is 246 g/mol. The quantitative estimate of drug-likeness (QED) is 0.777. The van der Waals surface area contributed by atoms with Crippen molar-refractivity contribution in [3.8, 4) is 0 Å². The van der Waals surface area contributed by atoms with Gasteiger partial charge >= 0.3 is 0 Å². The molecule has 1 rings (SSSR count). The van der Waals surface area contributed by atoms with Crippen molar-refractivity contribution in [1.82, 2.24) is 5.32 Å². The summed E-state index contributed by atoms with van der Waals surface area (Å²) in [6.45, 7) is 5.05. The number of nitrogens with one attached hydrogen (secondary N) is 1. The first-order valence-electron chi connectivity index (χ1n) is 7.49. The average Bonchev–Trinajstić information content (AvgIpc) is 2.56. The minimum absolute atomic E-state index is 0.217. The van der Waals surface area contributed by atoms with E-state index in [1.54, 1.807) is 6.92 Å². The van der Waals surface area contributed by atoms with Crippen LogP contribution in [0.25, 0.3) is 0 Å². The van der Waals surface area contributed by atoms with Gasteiger partial charge in [-0.25, -0.2) is 8.42 Å². The van der Waals surface area contributed by atoms with Crippen molar-refractivity contribution in [2.75, 3.05) is 18.1 Å². The summed E-state index contributed by atoms with van der Waals surface area (Å²) >= 11 is 0. The van der Waals surface area contributed by atoms with Crippen LogP contribution in [-0.2, 0) is 9.84 Å². The molecule has 1 saturated heterocycles. The Labute approximate surface area is 113 Å². The predicted molar refractivity (Wildman–Crippen MR) is 77.7 cm³/mol. The second-order valence-corrected chi connectivity index (χ2v) is 8.08. The Kier molecular flexibility index (Phi) is 6.64. The molecule has 0 radical (unpaired) electrons. The molecule has 0 saturated carbocycles. The number of sulfone groups is 1. The van der Waals surface area contributed by atoms with Gasteiger partial charge in [0.1, 0.15) is 9.84 Å². The molecule has 1 aliphatic heterocycles. The highest BCUT2D eigenvalue weighted by Crippen LogP contribution is 2.28. The summed E-state index contributed by atoms with van der Waals surface area (Å²) in [5, 5.41) is 3.71. The molecule has 0 aliphatic carbocycles. The van der Waals surface area contributed by atoms with E-state index in [1.807, 2.05) is 0 Å². The summed E-state index contributed by atoms with van der Waals surface area (Å²) in [5.74, 6) is 0.637. The van der Waals surface area contributed by atoms with Crippen molar-refractivity contribution in [2.45, 2.75) is 70.8 Å². The first-order chi connectivity index (χ1) is 8.54. The first-order valence-corrected chi connectivity index (χ1v) is 9.31. The van der Waals surface area contributed by atoms with E-state index in [4.69, 9.17) is 0 Å². The van der Waals surface area contributed by atoms with E-state index in [-0.39, 0.29) is 11.3 Å². The molecule has 1 fully saturated rings. The van der Waals surface area contributed by atoms with Gasteiger partial charge in [-0.1, -0.05) is 33.1 Å². The van der Waals surface area contributed by atoms with Gasteiger partial charge in [0.2, 0.25) is 0 Å². The highest BCUT2D eigenvalue weighted by molar-refractivity contribution is 7.91. The van der Waals surface area contributed by atoms with E-state index < -0.39 is 9.84 Å². The lowest BCUT2D eigenvalue weighted by molar-refractivity contribution is 0.268. The summed E-state index contributed by atoms with van der Waals surface area (Å²) in [7, 11) is -2.80. The molecule has 0 aromatic carbocycles. The van der Waals surface area contributed by atoms with Crippen molar-refractivity contribution < 1.29 is 8.42 Å². The van der Waals surface area contributed by atoms with Gasteiger partial charge in [0.05, 0.1) is 5.75 Å². The maximum absolute atomic E-state index is 11.6. The normalized spacial score (nSPS) is 25.9. The monoisotopic (exact) mass is 275 g/mol. The van der Waals surface area contributed by atoms with Crippen molar-refractivity contribution in [3.63, 3.8) is 0 Å². The lowest BCUT2D eigenvalue weighted by Crippen LogP contribution is -2.44. The molecule has 108 valence electrons. The third kappa shape index (κ3) is 5.27. The Hall–Kier alpha value is -0.0900. The Morgan fingerprint density at radius 3 is 2.56 bits per heavy atom. The standard InChI is InChI=1S/C14H29NO2S/c1-3-9-14(10-6-5-7-12-15-14)11-8-13-18(16,17)4-2/h15H,3-13H2,1-2H3. The summed E-state index contributed by atoms with van der Waals surface area (Å²) in [6.07, 6.45) is 9.25. The molecule has 1 aliphatic rings. The molecule has 0 amide bonds. The van der Waals surface area contributed by atoms with E-state index in [1.165, 1.54) is 38.5 Å². The molecule has 0 aromatic rings. The Morgan fingerprint density at radius 1 is 1.11 bits per heavy atom. The maximum atomic E-state index is 11.6. The SMILES string of the molecule is CCCC1(CCCS(=O)(=O)CC)CCCCCN1. The summed E-state index contributed by atoms with van der Waals surface area (Å²) in [4.78, 5) is 0. The third-order valence-corrected chi connectivity index (χ3v) is 5.90. The van der Waals surface area contributed by atoms with E-state index in [0.29, 0.717) is 5.75 Å². The van der Waals surface area contributed by atoms with E-state index >= 15 is 0 Å². The highest BCUT2D eigenvalue weighted by Gasteiger charge is 2.29. The van der Waals surface area contributed by atoms with Crippen LogP contribution in [0.15, 0.2) is 0 Å². The molecule has 1 atom stereocenters. The average molecular weight is 275 g/mol. The van der Waals surface area contributed by atoms with Gasteiger partial charge in [-0.15, -0.1) is 0 Å². The molecule has 3 nitrogen and oxygen atoms in total. The van der Waals surface area contributed by atoms with Crippen LogP contribution in [0.3, 0.4) is 0 Å². The van der Waals surface area contributed by atoms with E-state index in [9.17, 15) is 8.42 Å². The van der Waals surface area contributed by atoms with Gasteiger partial charge in [0.25, 0.3) is 0 Å². The van der Waals surface area contributed by atoms with Crippen LogP contribution in [0.2, 0.25) is 0 Å². The molecule has 0 aromatic heterocycles. The maximum Gasteiger partial charge on any atom is 0.150 e. The second-order valence-electron chi connectivity index (χ2n) is 5.61. The molecule has 1 unspecified atom stereocenters. The zero-order valence-corrected chi connectivity index (χ0v) is 12.8. The Balaban J connectivity index is 2.51. The van der Waals surface area contributed by atoms with Gasteiger partial charge in [-0.3, -0.25) is 0 Å². The van der Waals surface area contributed by atoms with Crippen LogP contribution in [0.1, 0.15) is 65.2 Å². The fourth-order valence-corrected chi connectivity index (χ4v) is 3.89. The van der Waals surface area contributed by atoms with Crippen LogP contribution in [-0.4, -0.2) is 32.0 Å². The summed E-state index contributed by atoms with van der Waals surface area (Å²) in [6, 6.07) is 0. The van der Waals surface area contributed by atoms with Gasteiger partial charge in [0, 0.05) is 11.3 Å². The smallest absolute Gasteiger partial charge is 0.150 e. The molecule has 0 spiro atoms. The molecule has 4 heteroatoms. The lowest BCUT2D eigenvalue weighted by Gasteiger charge is -2.34. The number of hydrogen-bond acceptors (Lipinski definition) is 3. The van der Waals surface area contributed by atoms with E-state index in [0.717, 1.165) is 19.4 Å². The van der Waals surface area contributed by atoms with Gasteiger partial charge in [-0.2, -0.15) is 0 Å². The largest absolute Gasteiger partial charge is 0.311 e. The van der Waals surface area contributed by atoms with Crippen molar-refractivity contribution in [1.29, 1.82) is 0 Å². The predicted octanol–water partition coefficient (Wildman–Crippen LogP) is 2.90. The van der Waals surface area contributed by atoms with Gasteiger partial charge < -0.3 is 5.32 Å². The molecule has 18 heavy (non-hydrogen) atoms. The van der Waals surface area contributed by atoms with E-state index in [2.05, 4.69) is 12.2 Å². The fraction of sp³-hybridized carbons (Fsp3) is 1.00. The second kappa shape index (κ2) is 7.49. The minimum Gasteiger partial charge on any atom is -0.311 e. The Bertz CT molecular complexity index is 317. The number of hydrogen-bond donors (Lipinski definition) is 1. The first kappa shape index (κ1) is 16.0. The van der Waals surface area contributed by atoms with Crippen molar-refractivity contribution in [3.05, 3.63) is 0 Å². The molecular formula is C14H29NO2S. The van der Waals surface area contributed by atoms with Crippen molar-refractivity contribution >= 4 is 9.84 Å². The summed E-state index contributed by atoms with van der Waals surface area (Å²) in [5.41, 5.74) is 0.217. The number of rotatable bonds is 7. The fourth-order valence-electron chi connectivity index (χ4n) is 3.01. The van der Waals surface area contributed by atoms with Crippen LogP contribution < -0.4 is 5.32 Å². The molecule has 0 bridgehead atoms.